The maximum Gasteiger partial charge on any atom is 0.416 e. The molecule has 21 heavy (non-hydrogen) atoms. The summed E-state index contributed by atoms with van der Waals surface area (Å²) in [6.07, 6.45) is -4.75. The first kappa shape index (κ1) is 14.3. The molecule has 1 fully saturated rings. The minimum atomic E-state index is -4.39. The van der Waals surface area contributed by atoms with E-state index in [2.05, 4.69) is 9.97 Å². The third-order valence-corrected chi connectivity index (χ3v) is 3.39. The third-order valence-electron chi connectivity index (χ3n) is 3.39. The topological polar surface area (TPSA) is 73.2 Å². The third kappa shape index (κ3) is 2.87. The fourth-order valence-electron chi connectivity index (χ4n) is 2.25. The Hall–Kier alpha value is -1.64. The summed E-state index contributed by atoms with van der Waals surface area (Å²) in [4.78, 5) is 7.06. The van der Waals surface area contributed by atoms with Crippen molar-refractivity contribution in [3.63, 3.8) is 0 Å². The number of nitrogens with two attached hydrogens (primary N) is 1. The van der Waals surface area contributed by atoms with Gasteiger partial charge in [-0.3, -0.25) is 0 Å². The van der Waals surface area contributed by atoms with Crippen LogP contribution in [0.25, 0.3) is 11.0 Å². The lowest BCUT2D eigenvalue weighted by Crippen LogP contribution is -2.38. The molecular formula is C13H14F3N3O2. The summed E-state index contributed by atoms with van der Waals surface area (Å²) in [6.45, 7) is 1.29. The van der Waals surface area contributed by atoms with Gasteiger partial charge in [-0.15, -0.1) is 0 Å². The maximum absolute atomic E-state index is 12.7. The number of H-pyrrole nitrogens is 1. The lowest BCUT2D eigenvalue weighted by molar-refractivity contribution is -0.137. The Bertz CT molecular complexity index is 635. The molecule has 0 saturated carbocycles. The van der Waals surface area contributed by atoms with Crippen molar-refractivity contribution in [1.82, 2.24) is 9.97 Å². The predicted octanol–water partition coefficient (Wildman–Crippen LogP) is 2.00. The van der Waals surface area contributed by atoms with Crippen LogP contribution < -0.4 is 5.73 Å². The van der Waals surface area contributed by atoms with E-state index in [1.54, 1.807) is 0 Å². The normalized spacial score (nSPS) is 21.6. The molecule has 8 heteroatoms. The molecule has 0 unspecified atom stereocenters. The van der Waals surface area contributed by atoms with E-state index in [0.717, 1.165) is 12.1 Å². The highest BCUT2D eigenvalue weighted by Crippen LogP contribution is 2.31. The molecule has 0 amide bonds. The number of nitrogens with zero attached hydrogens (tertiary/aromatic N) is 1. The Morgan fingerprint density at radius 3 is 2.81 bits per heavy atom. The number of hydrogen-bond acceptors (Lipinski definition) is 4. The Kier molecular flexibility index (Phi) is 3.60. The van der Waals surface area contributed by atoms with Gasteiger partial charge < -0.3 is 20.2 Å². The first-order valence-corrected chi connectivity index (χ1v) is 6.47. The molecule has 5 nitrogen and oxygen atoms in total. The van der Waals surface area contributed by atoms with Gasteiger partial charge in [0.05, 0.1) is 42.5 Å². The second kappa shape index (κ2) is 5.28. The summed E-state index contributed by atoms with van der Waals surface area (Å²) in [5.74, 6) is 0.389. The summed E-state index contributed by atoms with van der Waals surface area (Å²) in [5.41, 5.74) is 6.04. The zero-order valence-corrected chi connectivity index (χ0v) is 11.0. The summed E-state index contributed by atoms with van der Waals surface area (Å²) in [7, 11) is 0. The van der Waals surface area contributed by atoms with Crippen LogP contribution in [-0.2, 0) is 15.7 Å². The average molecular weight is 301 g/mol. The number of aromatic nitrogens is 2. The van der Waals surface area contributed by atoms with Crippen molar-refractivity contribution >= 4 is 11.0 Å². The van der Waals surface area contributed by atoms with Gasteiger partial charge in [0.2, 0.25) is 0 Å². The van der Waals surface area contributed by atoms with E-state index < -0.39 is 17.8 Å². The number of alkyl halides is 3. The van der Waals surface area contributed by atoms with Crippen LogP contribution in [-0.4, -0.2) is 35.9 Å². The molecule has 3 rings (SSSR count). The number of nitrogens with one attached hydrogen (secondary N) is 1. The molecule has 1 aliphatic rings. The Morgan fingerprint density at radius 1 is 1.33 bits per heavy atom. The molecule has 2 atom stereocenters. The molecular weight excluding hydrogens is 287 g/mol. The Balaban J connectivity index is 1.89. The van der Waals surface area contributed by atoms with Crippen molar-refractivity contribution in [2.24, 2.45) is 5.73 Å². The number of fused-ring (bicyclic) bond motifs is 1. The SMILES string of the molecule is N[C@H](c1nc2ccc(C(F)(F)F)cc2[nH]1)[C@H]1COCCO1. The smallest absolute Gasteiger partial charge is 0.376 e. The van der Waals surface area contributed by atoms with E-state index in [9.17, 15) is 13.2 Å². The predicted molar refractivity (Wildman–Crippen MR) is 68.6 cm³/mol. The van der Waals surface area contributed by atoms with Crippen molar-refractivity contribution in [2.75, 3.05) is 19.8 Å². The second-order valence-corrected chi connectivity index (χ2v) is 4.86. The molecule has 2 aromatic rings. The van der Waals surface area contributed by atoms with E-state index in [1.807, 2.05) is 0 Å². The zero-order valence-electron chi connectivity index (χ0n) is 11.0. The van der Waals surface area contributed by atoms with Crippen molar-refractivity contribution in [2.45, 2.75) is 18.3 Å². The first-order valence-electron chi connectivity index (χ1n) is 6.47. The molecule has 2 heterocycles. The lowest BCUT2D eigenvalue weighted by Gasteiger charge is -2.26. The van der Waals surface area contributed by atoms with Crippen LogP contribution in [0.5, 0.6) is 0 Å². The van der Waals surface area contributed by atoms with Crippen LogP contribution in [0, 0.1) is 0 Å². The van der Waals surface area contributed by atoms with E-state index in [1.165, 1.54) is 6.07 Å². The van der Waals surface area contributed by atoms with E-state index in [4.69, 9.17) is 15.2 Å². The minimum Gasteiger partial charge on any atom is -0.376 e. The molecule has 114 valence electrons. The zero-order chi connectivity index (χ0) is 15.0. The second-order valence-electron chi connectivity index (χ2n) is 4.86. The molecule has 0 radical (unpaired) electrons. The number of benzene rings is 1. The standard InChI is InChI=1S/C13H14F3N3O2/c14-13(15,16)7-1-2-8-9(5-7)19-12(18-8)11(17)10-6-20-3-4-21-10/h1-2,5,10-11H,3-4,6,17H2,(H,18,19)/t10-,11+/m1/s1. The average Bonchev–Trinajstić information content (AvgIpc) is 2.89. The van der Waals surface area contributed by atoms with Crippen LogP contribution in [0.2, 0.25) is 0 Å². The van der Waals surface area contributed by atoms with Gasteiger partial charge in [-0.2, -0.15) is 13.2 Å². The van der Waals surface area contributed by atoms with Gasteiger partial charge in [0.1, 0.15) is 11.9 Å². The highest BCUT2D eigenvalue weighted by Gasteiger charge is 2.31. The Labute approximate surface area is 118 Å². The molecule has 3 N–H and O–H groups in total. The Morgan fingerprint density at radius 2 is 2.14 bits per heavy atom. The number of rotatable bonds is 2. The number of halogens is 3. The number of ether oxygens (including phenoxy) is 2. The highest BCUT2D eigenvalue weighted by molar-refractivity contribution is 5.76. The number of hydrogen-bond donors (Lipinski definition) is 2. The fourth-order valence-corrected chi connectivity index (χ4v) is 2.25. The van der Waals surface area contributed by atoms with Gasteiger partial charge in [-0.25, -0.2) is 4.98 Å². The fraction of sp³-hybridized carbons (Fsp3) is 0.462. The lowest BCUT2D eigenvalue weighted by atomic mass is 10.1. The van der Waals surface area contributed by atoms with E-state index in [0.29, 0.717) is 36.7 Å². The van der Waals surface area contributed by atoms with Crippen LogP contribution in [0.3, 0.4) is 0 Å². The minimum absolute atomic E-state index is 0.298. The molecule has 0 bridgehead atoms. The quantitative estimate of drug-likeness (QED) is 0.890. The molecule has 0 spiro atoms. The molecule has 1 aromatic heterocycles. The number of aromatic amines is 1. The largest absolute Gasteiger partial charge is 0.416 e. The summed E-state index contributed by atoms with van der Waals surface area (Å²) < 4.78 is 48.8. The highest BCUT2D eigenvalue weighted by atomic mass is 19.4. The van der Waals surface area contributed by atoms with Gasteiger partial charge in [0.25, 0.3) is 0 Å². The van der Waals surface area contributed by atoms with E-state index in [-0.39, 0.29) is 6.10 Å². The first-order chi connectivity index (χ1) is 9.95. The summed E-state index contributed by atoms with van der Waals surface area (Å²) >= 11 is 0. The summed E-state index contributed by atoms with van der Waals surface area (Å²) in [6, 6.07) is 2.77. The monoisotopic (exact) mass is 301 g/mol. The van der Waals surface area contributed by atoms with Gasteiger partial charge in [0.15, 0.2) is 0 Å². The van der Waals surface area contributed by atoms with Crippen molar-refractivity contribution < 1.29 is 22.6 Å². The van der Waals surface area contributed by atoms with Gasteiger partial charge in [-0.1, -0.05) is 0 Å². The van der Waals surface area contributed by atoms with Crippen molar-refractivity contribution in [3.05, 3.63) is 29.6 Å². The maximum atomic E-state index is 12.7. The molecule has 1 aliphatic heterocycles. The van der Waals surface area contributed by atoms with Crippen LogP contribution in [0.15, 0.2) is 18.2 Å². The van der Waals surface area contributed by atoms with Crippen LogP contribution in [0.1, 0.15) is 17.4 Å². The van der Waals surface area contributed by atoms with E-state index >= 15 is 0 Å². The van der Waals surface area contributed by atoms with Gasteiger partial charge in [-0.05, 0) is 18.2 Å². The van der Waals surface area contributed by atoms with Gasteiger partial charge in [0, 0.05) is 0 Å². The van der Waals surface area contributed by atoms with Gasteiger partial charge >= 0.3 is 6.18 Å². The number of imidazole rings is 1. The van der Waals surface area contributed by atoms with Crippen molar-refractivity contribution in [1.29, 1.82) is 0 Å². The molecule has 0 aliphatic carbocycles. The van der Waals surface area contributed by atoms with Crippen LogP contribution >= 0.6 is 0 Å². The van der Waals surface area contributed by atoms with Crippen molar-refractivity contribution in [3.8, 4) is 0 Å². The summed E-state index contributed by atoms with van der Waals surface area (Å²) in [5, 5.41) is 0. The van der Waals surface area contributed by atoms with Crippen LogP contribution in [0.4, 0.5) is 13.2 Å². The molecule has 1 aromatic carbocycles. The molecule has 1 saturated heterocycles.